The van der Waals surface area contributed by atoms with Gasteiger partial charge < -0.3 is 20.3 Å². The van der Waals surface area contributed by atoms with Gasteiger partial charge >= 0.3 is 6.03 Å². The Morgan fingerprint density at radius 1 is 1.48 bits per heavy atom. The van der Waals surface area contributed by atoms with Crippen LogP contribution in [0.25, 0.3) is 0 Å². The molecule has 0 spiro atoms. The van der Waals surface area contributed by atoms with Crippen LogP contribution in [-0.4, -0.2) is 28.9 Å². The average molecular weight is 295 g/mol. The number of aliphatic hydroxyl groups excluding tert-OH is 1. The lowest BCUT2D eigenvalue weighted by atomic mass is 9.87. The minimum atomic E-state index is -0.211. The van der Waals surface area contributed by atoms with E-state index in [9.17, 15) is 9.90 Å². The van der Waals surface area contributed by atoms with E-state index in [-0.39, 0.29) is 12.1 Å². The van der Waals surface area contributed by atoms with Gasteiger partial charge in [-0.2, -0.15) is 0 Å². The summed E-state index contributed by atoms with van der Waals surface area (Å²) in [6.07, 6.45) is 3.55. The molecule has 0 aliphatic heterocycles. The summed E-state index contributed by atoms with van der Waals surface area (Å²) in [6, 6.07) is 1.65. The minimum absolute atomic E-state index is 0.211. The molecule has 3 N–H and O–H groups in total. The van der Waals surface area contributed by atoms with E-state index in [4.69, 9.17) is 4.52 Å². The topological polar surface area (TPSA) is 87.4 Å². The van der Waals surface area contributed by atoms with Crippen molar-refractivity contribution in [3.05, 3.63) is 17.5 Å². The van der Waals surface area contributed by atoms with Crippen LogP contribution in [0.15, 0.2) is 10.6 Å². The number of hydrogen-bond acceptors (Lipinski definition) is 4. The molecule has 0 aromatic carbocycles. The van der Waals surface area contributed by atoms with Crippen molar-refractivity contribution >= 4 is 6.03 Å². The van der Waals surface area contributed by atoms with Gasteiger partial charge in [0.2, 0.25) is 0 Å². The van der Waals surface area contributed by atoms with Crippen LogP contribution in [0.1, 0.15) is 56.9 Å². The molecule has 1 aromatic heterocycles. The summed E-state index contributed by atoms with van der Waals surface area (Å²) in [5.41, 5.74) is 0.892. The van der Waals surface area contributed by atoms with Crippen LogP contribution in [0.4, 0.5) is 4.79 Å². The summed E-state index contributed by atoms with van der Waals surface area (Å²) in [5.74, 6) is 1.34. The molecule has 1 fully saturated rings. The highest BCUT2D eigenvalue weighted by atomic mass is 16.5. The predicted molar refractivity (Wildman–Crippen MR) is 78.8 cm³/mol. The Kier molecular flexibility index (Phi) is 5.61. The molecule has 1 aliphatic carbocycles. The SMILES string of the molecule is CC(C)c1cc(CNC(=O)NCC2CCCC(O)C2)on1. The Morgan fingerprint density at radius 3 is 2.95 bits per heavy atom. The van der Waals surface area contributed by atoms with Gasteiger partial charge in [-0.25, -0.2) is 4.79 Å². The summed E-state index contributed by atoms with van der Waals surface area (Å²) in [6.45, 7) is 5.02. The van der Waals surface area contributed by atoms with E-state index in [1.165, 1.54) is 0 Å². The number of hydrogen-bond donors (Lipinski definition) is 3. The second-order valence-corrected chi connectivity index (χ2v) is 6.12. The van der Waals surface area contributed by atoms with Gasteiger partial charge in [0.05, 0.1) is 18.3 Å². The van der Waals surface area contributed by atoms with E-state index in [1.54, 1.807) is 0 Å². The molecule has 2 unspecified atom stereocenters. The van der Waals surface area contributed by atoms with Crippen molar-refractivity contribution < 1.29 is 14.4 Å². The molecule has 1 saturated carbocycles. The van der Waals surface area contributed by atoms with Crippen LogP contribution in [0.3, 0.4) is 0 Å². The number of nitrogens with zero attached hydrogens (tertiary/aromatic N) is 1. The normalized spacial score (nSPS) is 22.3. The lowest BCUT2D eigenvalue weighted by Gasteiger charge is -2.25. The highest BCUT2D eigenvalue weighted by Gasteiger charge is 2.20. The molecule has 0 bridgehead atoms. The van der Waals surface area contributed by atoms with Crippen molar-refractivity contribution in [2.24, 2.45) is 5.92 Å². The monoisotopic (exact) mass is 295 g/mol. The second kappa shape index (κ2) is 7.45. The molecule has 21 heavy (non-hydrogen) atoms. The lowest BCUT2D eigenvalue weighted by molar-refractivity contribution is 0.101. The van der Waals surface area contributed by atoms with Crippen LogP contribution in [0.5, 0.6) is 0 Å². The number of aliphatic hydroxyl groups is 1. The molecule has 0 saturated heterocycles. The molecule has 6 nitrogen and oxygen atoms in total. The van der Waals surface area contributed by atoms with Crippen molar-refractivity contribution in [2.45, 2.75) is 58.1 Å². The standard InChI is InChI=1S/C15H25N3O3/c1-10(2)14-7-13(21-18-14)9-17-15(20)16-8-11-4-3-5-12(19)6-11/h7,10-12,19H,3-6,8-9H2,1-2H3,(H2,16,17,20). The Balaban J connectivity index is 1.67. The Morgan fingerprint density at radius 2 is 2.29 bits per heavy atom. The zero-order valence-electron chi connectivity index (χ0n) is 12.8. The molecule has 2 amide bonds. The van der Waals surface area contributed by atoms with Crippen LogP contribution in [0.2, 0.25) is 0 Å². The zero-order chi connectivity index (χ0) is 15.2. The predicted octanol–water partition coefficient (Wildman–Crippen LogP) is 2.15. The van der Waals surface area contributed by atoms with Gasteiger partial charge in [-0.05, 0) is 31.1 Å². The van der Waals surface area contributed by atoms with Gasteiger partial charge in [-0.15, -0.1) is 0 Å². The number of carbonyl (C=O) groups excluding carboxylic acids is 1. The van der Waals surface area contributed by atoms with Gasteiger partial charge in [0, 0.05) is 12.6 Å². The largest absolute Gasteiger partial charge is 0.393 e. The van der Waals surface area contributed by atoms with Crippen LogP contribution in [-0.2, 0) is 6.54 Å². The highest BCUT2D eigenvalue weighted by molar-refractivity contribution is 5.73. The molecule has 0 radical (unpaired) electrons. The molecule has 1 aromatic rings. The number of nitrogens with one attached hydrogen (secondary N) is 2. The molecule has 118 valence electrons. The number of rotatable bonds is 5. The molecule has 2 atom stereocenters. The maximum Gasteiger partial charge on any atom is 0.315 e. The van der Waals surface area contributed by atoms with E-state index >= 15 is 0 Å². The summed E-state index contributed by atoms with van der Waals surface area (Å²) < 4.78 is 5.16. The van der Waals surface area contributed by atoms with Crippen molar-refractivity contribution in [2.75, 3.05) is 6.54 Å². The first kappa shape index (κ1) is 15.8. The third-order valence-corrected chi connectivity index (χ3v) is 3.90. The van der Waals surface area contributed by atoms with E-state index < -0.39 is 0 Å². The van der Waals surface area contributed by atoms with Gasteiger partial charge in [0.25, 0.3) is 0 Å². The van der Waals surface area contributed by atoms with Crippen molar-refractivity contribution in [3.63, 3.8) is 0 Å². The number of urea groups is 1. The summed E-state index contributed by atoms with van der Waals surface area (Å²) >= 11 is 0. The fourth-order valence-corrected chi connectivity index (χ4v) is 2.60. The van der Waals surface area contributed by atoms with Crippen molar-refractivity contribution in [1.82, 2.24) is 15.8 Å². The fraction of sp³-hybridized carbons (Fsp3) is 0.733. The Labute approximate surface area is 125 Å². The molecule has 1 aliphatic rings. The highest BCUT2D eigenvalue weighted by Crippen LogP contribution is 2.23. The number of amides is 2. The lowest BCUT2D eigenvalue weighted by Crippen LogP contribution is -2.39. The first-order valence-corrected chi connectivity index (χ1v) is 7.70. The smallest absolute Gasteiger partial charge is 0.315 e. The summed E-state index contributed by atoms with van der Waals surface area (Å²) in [5, 5.41) is 19.1. The molecule has 6 heteroatoms. The van der Waals surface area contributed by atoms with Gasteiger partial charge in [0.15, 0.2) is 5.76 Å². The number of carbonyl (C=O) groups is 1. The average Bonchev–Trinajstić information content (AvgIpc) is 2.92. The maximum atomic E-state index is 11.7. The Hall–Kier alpha value is -1.56. The quantitative estimate of drug-likeness (QED) is 0.776. The van der Waals surface area contributed by atoms with Crippen LogP contribution >= 0.6 is 0 Å². The van der Waals surface area contributed by atoms with Crippen LogP contribution in [0, 0.1) is 5.92 Å². The third kappa shape index (κ3) is 5.04. The van der Waals surface area contributed by atoms with E-state index in [0.29, 0.717) is 30.7 Å². The molecular formula is C15H25N3O3. The van der Waals surface area contributed by atoms with E-state index in [2.05, 4.69) is 15.8 Å². The first-order chi connectivity index (χ1) is 10.0. The van der Waals surface area contributed by atoms with E-state index in [1.807, 2.05) is 19.9 Å². The Bertz CT molecular complexity index is 459. The van der Waals surface area contributed by atoms with Gasteiger partial charge in [-0.3, -0.25) is 0 Å². The van der Waals surface area contributed by atoms with Gasteiger partial charge in [0.1, 0.15) is 0 Å². The van der Waals surface area contributed by atoms with Gasteiger partial charge in [-0.1, -0.05) is 25.4 Å². The molecular weight excluding hydrogens is 270 g/mol. The number of aromatic nitrogens is 1. The molecule has 1 heterocycles. The summed E-state index contributed by atoms with van der Waals surface area (Å²) in [7, 11) is 0. The van der Waals surface area contributed by atoms with E-state index in [0.717, 1.165) is 31.4 Å². The fourth-order valence-electron chi connectivity index (χ4n) is 2.60. The minimum Gasteiger partial charge on any atom is -0.393 e. The zero-order valence-corrected chi connectivity index (χ0v) is 12.8. The maximum absolute atomic E-state index is 11.7. The van der Waals surface area contributed by atoms with Crippen molar-refractivity contribution in [1.29, 1.82) is 0 Å². The summed E-state index contributed by atoms with van der Waals surface area (Å²) in [4.78, 5) is 11.7. The van der Waals surface area contributed by atoms with Crippen molar-refractivity contribution in [3.8, 4) is 0 Å². The first-order valence-electron chi connectivity index (χ1n) is 7.70. The van der Waals surface area contributed by atoms with Crippen LogP contribution < -0.4 is 10.6 Å². The molecule has 2 rings (SSSR count). The third-order valence-electron chi connectivity index (χ3n) is 3.90. The second-order valence-electron chi connectivity index (χ2n) is 6.12.